The van der Waals surface area contributed by atoms with Gasteiger partial charge in [-0.05, 0) is 25.3 Å². The van der Waals surface area contributed by atoms with Crippen molar-refractivity contribution in [2.24, 2.45) is 0 Å². The first-order valence-corrected chi connectivity index (χ1v) is 10.2. The molecule has 5 aromatic rings. The maximum Gasteiger partial charge on any atom is 0.161 e. The van der Waals surface area contributed by atoms with Gasteiger partial charge in [0.05, 0.1) is 11.1 Å². The standard InChI is InChI=1S/C21H18FN9/c22-16-13(12-8-23-11-24-9-12)10-26-19-15(16)18(29-30-19)21-27-17-14(4-5-25-20(17)28-21)31-6-2-1-3-7-31/h4-5,8-11H,1-3,6-7H2,(H,25,27,28)(H,26,29,30). The fourth-order valence-electron chi connectivity index (χ4n) is 4.16. The smallest absolute Gasteiger partial charge is 0.161 e. The number of nitrogens with zero attached hydrogens (tertiary/aromatic N) is 7. The van der Waals surface area contributed by atoms with E-state index < -0.39 is 5.82 Å². The fraction of sp³-hybridized carbons (Fsp3) is 0.238. The summed E-state index contributed by atoms with van der Waals surface area (Å²) in [6, 6.07) is 1.98. The number of fused-ring (bicyclic) bond motifs is 2. The summed E-state index contributed by atoms with van der Waals surface area (Å²) in [6.07, 6.45) is 11.3. The lowest BCUT2D eigenvalue weighted by molar-refractivity contribution is 0.578. The zero-order chi connectivity index (χ0) is 20.8. The molecule has 5 aromatic heterocycles. The van der Waals surface area contributed by atoms with Gasteiger partial charge in [0.25, 0.3) is 0 Å². The molecule has 1 aliphatic rings. The summed E-state index contributed by atoms with van der Waals surface area (Å²) in [5.41, 5.74) is 4.00. The van der Waals surface area contributed by atoms with Crippen LogP contribution in [0, 0.1) is 5.82 Å². The monoisotopic (exact) mass is 415 g/mol. The van der Waals surface area contributed by atoms with E-state index in [1.807, 2.05) is 6.07 Å². The van der Waals surface area contributed by atoms with E-state index in [9.17, 15) is 0 Å². The van der Waals surface area contributed by atoms with Crippen molar-refractivity contribution in [3.05, 3.63) is 43.0 Å². The highest BCUT2D eigenvalue weighted by Gasteiger charge is 2.22. The van der Waals surface area contributed by atoms with Crippen LogP contribution in [0.2, 0.25) is 0 Å². The number of aromatic amines is 2. The number of aromatic nitrogens is 8. The van der Waals surface area contributed by atoms with Crippen LogP contribution in [0.1, 0.15) is 19.3 Å². The topological polar surface area (TPSA) is 112 Å². The van der Waals surface area contributed by atoms with Crippen LogP contribution >= 0.6 is 0 Å². The Bertz CT molecular complexity index is 1390. The molecule has 0 atom stereocenters. The lowest BCUT2D eigenvalue weighted by atomic mass is 10.1. The van der Waals surface area contributed by atoms with Crippen LogP contribution < -0.4 is 4.90 Å². The van der Waals surface area contributed by atoms with Gasteiger partial charge in [-0.25, -0.2) is 29.3 Å². The molecule has 0 aliphatic carbocycles. The average Bonchev–Trinajstić information content (AvgIpc) is 3.45. The van der Waals surface area contributed by atoms with E-state index >= 15 is 4.39 Å². The third-order valence-electron chi connectivity index (χ3n) is 5.68. The molecule has 0 saturated carbocycles. The Labute approximate surface area is 175 Å². The molecule has 31 heavy (non-hydrogen) atoms. The second kappa shape index (κ2) is 7.08. The molecule has 1 aliphatic heterocycles. The first kappa shape index (κ1) is 17.9. The SMILES string of the molecule is Fc1c(-c2cncnc2)cnc2[nH]nc(-c3nc4c(N5CCCCC5)ccnc4[nH]3)c12. The van der Waals surface area contributed by atoms with Crippen LogP contribution in [0.4, 0.5) is 10.1 Å². The van der Waals surface area contributed by atoms with Gasteiger partial charge in [-0.15, -0.1) is 0 Å². The van der Waals surface area contributed by atoms with Crippen LogP contribution in [0.5, 0.6) is 0 Å². The van der Waals surface area contributed by atoms with Gasteiger partial charge >= 0.3 is 0 Å². The van der Waals surface area contributed by atoms with E-state index in [0.29, 0.717) is 33.9 Å². The molecule has 0 amide bonds. The van der Waals surface area contributed by atoms with E-state index in [2.05, 4.69) is 40.0 Å². The molecule has 1 saturated heterocycles. The lowest BCUT2D eigenvalue weighted by Gasteiger charge is -2.28. The van der Waals surface area contributed by atoms with Gasteiger partial charge in [-0.1, -0.05) is 0 Å². The summed E-state index contributed by atoms with van der Waals surface area (Å²) < 4.78 is 15.5. The van der Waals surface area contributed by atoms with E-state index in [1.54, 1.807) is 18.6 Å². The molecule has 0 radical (unpaired) electrons. The molecule has 0 aromatic carbocycles. The summed E-state index contributed by atoms with van der Waals surface area (Å²) in [5, 5.41) is 7.37. The van der Waals surface area contributed by atoms with Crippen LogP contribution in [-0.4, -0.2) is 53.2 Å². The summed E-state index contributed by atoms with van der Waals surface area (Å²) in [6.45, 7) is 1.99. The molecule has 6 rings (SSSR count). The average molecular weight is 415 g/mol. The molecule has 10 heteroatoms. The Balaban J connectivity index is 1.51. The zero-order valence-corrected chi connectivity index (χ0v) is 16.5. The predicted octanol–water partition coefficient (Wildman–Crippen LogP) is 3.48. The normalized spacial score (nSPS) is 14.5. The van der Waals surface area contributed by atoms with Crippen molar-refractivity contribution in [2.75, 3.05) is 18.0 Å². The van der Waals surface area contributed by atoms with Crippen molar-refractivity contribution >= 4 is 27.9 Å². The molecule has 0 bridgehead atoms. The van der Waals surface area contributed by atoms with Crippen molar-refractivity contribution in [3.8, 4) is 22.6 Å². The molecule has 1 fully saturated rings. The zero-order valence-electron chi connectivity index (χ0n) is 16.5. The highest BCUT2D eigenvalue weighted by molar-refractivity contribution is 5.95. The highest BCUT2D eigenvalue weighted by atomic mass is 19.1. The number of piperidine rings is 1. The number of hydrogen-bond donors (Lipinski definition) is 2. The molecular weight excluding hydrogens is 397 g/mol. The molecule has 2 N–H and O–H groups in total. The third-order valence-corrected chi connectivity index (χ3v) is 5.68. The van der Waals surface area contributed by atoms with Crippen LogP contribution in [0.25, 0.3) is 44.8 Å². The summed E-state index contributed by atoms with van der Waals surface area (Å²) >= 11 is 0. The molecule has 154 valence electrons. The van der Waals surface area contributed by atoms with Crippen LogP contribution in [-0.2, 0) is 0 Å². The summed E-state index contributed by atoms with van der Waals surface area (Å²) in [5.74, 6) is -0.00593. The summed E-state index contributed by atoms with van der Waals surface area (Å²) in [7, 11) is 0. The van der Waals surface area contributed by atoms with Gasteiger partial charge in [0.1, 0.15) is 23.4 Å². The maximum absolute atomic E-state index is 15.5. The lowest BCUT2D eigenvalue weighted by Crippen LogP contribution is -2.29. The first-order valence-electron chi connectivity index (χ1n) is 10.2. The second-order valence-corrected chi connectivity index (χ2v) is 7.57. The Morgan fingerprint density at radius 1 is 0.968 bits per heavy atom. The highest BCUT2D eigenvalue weighted by Crippen LogP contribution is 2.33. The molecule has 6 heterocycles. The number of nitrogens with one attached hydrogen (secondary N) is 2. The number of pyridine rings is 2. The number of rotatable bonds is 3. The van der Waals surface area contributed by atoms with Crippen LogP contribution in [0.15, 0.2) is 37.2 Å². The molecule has 0 unspecified atom stereocenters. The summed E-state index contributed by atoms with van der Waals surface area (Å²) in [4.78, 5) is 27.0. The Kier molecular flexibility index (Phi) is 4.08. The molecule has 0 spiro atoms. The molecular formula is C21H18FN9. The van der Waals surface area contributed by atoms with Gasteiger partial charge in [0.2, 0.25) is 0 Å². The van der Waals surface area contributed by atoms with Crippen molar-refractivity contribution in [3.63, 3.8) is 0 Å². The fourth-order valence-corrected chi connectivity index (χ4v) is 4.16. The molecule has 9 nitrogen and oxygen atoms in total. The van der Waals surface area contributed by atoms with Gasteiger partial charge in [0, 0.05) is 49.0 Å². The van der Waals surface area contributed by atoms with E-state index in [-0.39, 0.29) is 5.39 Å². The Hall–Kier alpha value is -3.95. The number of hydrogen-bond acceptors (Lipinski definition) is 7. The van der Waals surface area contributed by atoms with E-state index in [0.717, 1.165) is 37.1 Å². The van der Waals surface area contributed by atoms with Crippen molar-refractivity contribution in [1.82, 2.24) is 40.1 Å². The van der Waals surface area contributed by atoms with Gasteiger partial charge in [-0.2, -0.15) is 5.10 Å². The van der Waals surface area contributed by atoms with E-state index in [4.69, 9.17) is 4.98 Å². The quantitative estimate of drug-likeness (QED) is 0.464. The minimum absolute atomic E-state index is 0.264. The Morgan fingerprint density at radius 2 is 1.81 bits per heavy atom. The minimum Gasteiger partial charge on any atom is -0.370 e. The first-order chi connectivity index (χ1) is 15.3. The van der Waals surface area contributed by atoms with Gasteiger partial charge in [0.15, 0.2) is 17.1 Å². The van der Waals surface area contributed by atoms with Gasteiger partial charge < -0.3 is 9.88 Å². The Morgan fingerprint density at radius 3 is 2.65 bits per heavy atom. The van der Waals surface area contributed by atoms with Crippen LogP contribution in [0.3, 0.4) is 0 Å². The van der Waals surface area contributed by atoms with E-state index in [1.165, 1.54) is 18.9 Å². The maximum atomic E-state index is 15.5. The minimum atomic E-state index is -0.451. The van der Waals surface area contributed by atoms with Crippen molar-refractivity contribution < 1.29 is 4.39 Å². The van der Waals surface area contributed by atoms with Gasteiger partial charge in [-0.3, -0.25) is 5.10 Å². The number of halogens is 1. The second-order valence-electron chi connectivity index (χ2n) is 7.57. The predicted molar refractivity (Wildman–Crippen MR) is 114 cm³/mol. The van der Waals surface area contributed by atoms with Crippen molar-refractivity contribution in [2.45, 2.75) is 19.3 Å². The van der Waals surface area contributed by atoms with Crippen molar-refractivity contribution in [1.29, 1.82) is 0 Å². The third kappa shape index (κ3) is 2.90. The largest absolute Gasteiger partial charge is 0.370 e. The number of anilines is 1. The number of imidazole rings is 1. The number of H-pyrrole nitrogens is 2.